The highest BCUT2D eigenvalue weighted by Gasteiger charge is 2.18. The van der Waals surface area contributed by atoms with E-state index >= 15 is 0 Å². The van der Waals surface area contributed by atoms with E-state index in [1.807, 2.05) is 28.8 Å². The Morgan fingerprint density at radius 3 is 2.89 bits per heavy atom. The molecule has 1 amide bonds. The third kappa shape index (κ3) is 3.30. The first-order chi connectivity index (χ1) is 13.5. The van der Waals surface area contributed by atoms with Crippen LogP contribution in [0, 0.1) is 10.1 Å². The van der Waals surface area contributed by atoms with Crippen molar-refractivity contribution in [2.75, 3.05) is 0 Å². The maximum absolute atomic E-state index is 11.9. The minimum Gasteiger partial charge on any atom is -0.487 e. The number of nitro groups is 1. The van der Waals surface area contributed by atoms with Gasteiger partial charge in [-0.15, -0.1) is 11.3 Å². The van der Waals surface area contributed by atoms with E-state index in [-0.39, 0.29) is 17.2 Å². The zero-order valence-electron chi connectivity index (χ0n) is 14.4. The molecule has 0 unspecified atom stereocenters. The number of nitro benzene ring substituents is 1. The summed E-state index contributed by atoms with van der Waals surface area (Å²) < 4.78 is 7.67. The fourth-order valence-corrected chi connectivity index (χ4v) is 3.78. The van der Waals surface area contributed by atoms with Crippen molar-refractivity contribution >= 4 is 28.6 Å². The summed E-state index contributed by atoms with van der Waals surface area (Å²) in [4.78, 5) is 27.7. The molecule has 0 aliphatic carbocycles. The highest BCUT2D eigenvalue weighted by molar-refractivity contribution is 7.17. The third-order valence-corrected chi connectivity index (χ3v) is 5.26. The average molecular weight is 394 g/mol. The van der Waals surface area contributed by atoms with Crippen LogP contribution in [0.25, 0.3) is 16.2 Å². The number of hydrogen-bond acceptors (Lipinski definition) is 6. The molecule has 1 aromatic carbocycles. The van der Waals surface area contributed by atoms with Gasteiger partial charge in [-0.25, -0.2) is 4.98 Å². The molecule has 4 aromatic rings. The summed E-state index contributed by atoms with van der Waals surface area (Å²) in [5, 5.41) is 10.9. The summed E-state index contributed by atoms with van der Waals surface area (Å²) >= 11 is 1.21. The van der Waals surface area contributed by atoms with Gasteiger partial charge >= 0.3 is 0 Å². The van der Waals surface area contributed by atoms with Gasteiger partial charge in [0.25, 0.3) is 11.6 Å². The van der Waals surface area contributed by atoms with Crippen LogP contribution < -0.4 is 10.5 Å². The fourth-order valence-electron chi connectivity index (χ4n) is 2.82. The lowest BCUT2D eigenvalue weighted by atomic mass is 10.2. The van der Waals surface area contributed by atoms with E-state index in [0.29, 0.717) is 11.3 Å². The monoisotopic (exact) mass is 394 g/mol. The summed E-state index contributed by atoms with van der Waals surface area (Å²) in [6.45, 7) is 0.0747. The minimum atomic E-state index is -0.598. The number of thiophene rings is 1. The lowest BCUT2D eigenvalue weighted by Crippen LogP contribution is -2.10. The standard InChI is InChI=1S/C19H14N4O4S/c20-19(24)18-15(27-11-12-4-3-5-13(8-12)23(25)26)9-16(28-18)14-10-21-17-6-1-2-7-22(14)17/h1-10H,11H2,(H2,20,24). The molecule has 0 saturated carbocycles. The van der Waals surface area contributed by atoms with Crippen molar-refractivity contribution in [3.8, 4) is 16.3 Å². The van der Waals surface area contributed by atoms with Crippen LogP contribution in [-0.2, 0) is 6.61 Å². The van der Waals surface area contributed by atoms with Gasteiger partial charge in [0.15, 0.2) is 0 Å². The molecular formula is C19H14N4O4S. The van der Waals surface area contributed by atoms with Gasteiger partial charge < -0.3 is 10.5 Å². The number of ether oxygens (including phenoxy) is 1. The Labute approximate surface area is 163 Å². The second-order valence-electron chi connectivity index (χ2n) is 5.96. The molecule has 0 atom stereocenters. The molecule has 0 radical (unpaired) electrons. The Morgan fingerprint density at radius 2 is 2.11 bits per heavy atom. The number of primary amides is 1. The van der Waals surface area contributed by atoms with Crippen LogP contribution in [0.2, 0.25) is 0 Å². The van der Waals surface area contributed by atoms with E-state index in [9.17, 15) is 14.9 Å². The normalized spacial score (nSPS) is 10.9. The first kappa shape index (κ1) is 17.7. The molecule has 0 aliphatic rings. The van der Waals surface area contributed by atoms with Crippen molar-refractivity contribution < 1.29 is 14.5 Å². The van der Waals surface area contributed by atoms with Crippen molar-refractivity contribution in [3.63, 3.8) is 0 Å². The van der Waals surface area contributed by atoms with Gasteiger partial charge in [0.2, 0.25) is 0 Å². The molecule has 0 aliphatic heterocycles. The molecule has 8 nitrogen and oxygen atoms in total. The van der Waals surface area contributed by atoms with Gasteiger partial charge in [-0.3, -0.25) is 19.3 Å². The molecule has 9 heteroatoms. The van der Waals surface area contributed by atoms with Gasteiger partial charge in [-0.1, -0.05) is 18.2 Å². The molecule has 3 aromatic heterocycles. The number of nitrogens with two attached hydrogens (primary N) is 1. The number of benzene rings is 1. The number of carbonyl (C=O) groups is 1. The van der Waals surface area contributed by atoms with E-state index in [0.717, 1.165) is 16.2 Å². The molecule has 0 spiro atoms. The number of aromatic nitrogens is 2. The highest BCUT2D eigenvalue weighted by Crippen LogP contribution is 2.36. The minimum absolute atomic E-state index is 0.0204. The highest BCUT2D eigenvalue weighted by atomic mass is 32.1. The number of pyridine rings is 1. The summed E-state index contributed by atoms with van der Waals surface area (Å²) in [5.41, 5.74) is 7.70. The maximum atomic E-state index is 11.9. The number of rotatable bonds is 6. The van der Waals surface area contributed by atoms with Gasteiger partial charge in [-0.05, 0) is 17.7 Å². The Hall–Kier alpha value is -3.72. The molecule has 2 N–H and O–H groups in total. The fraction of sp³-hybridized carbons (Fsp3) is 0.0526. The summed E-state index contributed by atoms with van der Waals surface area (Å²) in [5.74, 6) is -0.260. The molecular weight excluding hydrogens is 380 g/mol. The van der Waals surface area contributed by atoms with Crippen LogP contribution in [0.15, 0.2) is 60.9 Å². The third-order valence-electron chi connectivity index (χ3n) is 4.11. The average Bonchev–Trinajstić information content (AvgIpc) is 3.30. The second-order valence-corrected chi connectivity index (χ2v) is 7.01. The van der Waals surface area contributed by atoms with Crippen molar-refractivity contribution in [2.45, 2.75) is 6.61 Å². The molecule has 0 fully saturated rings. The first-order valence-electron chi connectivity index (χ1n) is 8.25. The first-order valence-corrected chi connectivity index (χ1v) is 9.07. The summed E-state index contributed by atoms with van der Waals surface area (Å²) in [7, 11) is 0. The Morgan fingerprint density at radius 1 is 1.25 bits per heavy atom. The van der Waals surface area contributed by atoms with Crippen LogP contribution in [0.5, 0.6) is 5.75 Å². The van der Waals surface area contributed by atoms with Crippen LogP contribution in [-0.4, -0.2) is 20.2 Å². The molecule has 3 heterocycles. The van der Waals surface area contributed by atoms with Gasteiger partial charge in [-0.2, -0.15) is 0 Å². The summed E-state index contributed by atoms with van der Waals surface area (Å²) in [6, 6.07) is 13.5. The largest absolute Gasteiger partial charge is 0.487 e. The molecule has 4 rings (SSSR count). The van der Waals surface area contributed by atoms with Crippen LogP contribution in [0.4, 0.5) is 5.69 Å². The number of fused-ring (bicyclic) bond motifs is 1. The number of amides is 1. The van der Waals surface area contributed by atoms with Gasteiger partial charge in [0, 0.05) is 24.4 Å². The van der Waals surface area contributed by atoms with Gasteiger partial charge in [0.05, 0.1) is 21.7 Å². The Kier molecular flexibility index (Phi) is 4.50. The number of imidazole rings is 1. The number of hydrogen-bond donors (Lipinski definition) is 1. The number of non-ortho nitro benzene ring substituents is 1. The zero-order valence-corrected chi connectivity index (χ0v) is 15.3. The quantitative estimate of drug-likeness (QED) is 0.396. The van der Waals surface area contributed by atoms with E-state index in [1.165, 1.54) is 23.5 Å². The predicted octanol–water partition coefficient (Wildman–Crippen LogP) is 3.65. The van der Waals surface area contributed by atoms with Crippen molar-refractivity contribution in [2.24, 2.45) is 5.73 Å². The number of carbonyl (C=O) groups excluding carboxylic acids is 1. The lowest BCUT2D eigenvalue weighted by molar-refractivity contribution is -0.384. The van der Waals surface area contributed by atoms with Crippen molar-refractivity contribution in [1.29, 1.82) is 0 Å². The zero-order chi connectivity index (χ0) is 19.7. The lowest BCUT2D eigenvalue weighted by Gasteiger charge is -2.05. The van der Waals surface area contributed by atoms with Crippen molar-refractivity contribution in [1.82, 2.24) is 9.38 Å². The Balaban J connectivity index is 1.65. The number of nitrogens with zero attached hydrogens (tertiary/aromatic N) is 3. The molecule has 140 valence electrons. The SMILES string of the molecule is NC(=O)c1sc(-c2cnc3ccccn23)cc1OCc1cccc([N+](=O)[O-])c1. The maximum Gasteiger partial charge on any atom is 0.269 e. The second kappa shape index (κ2) is 7.12. The van der Waals surface area contributed by atoms with Crippen LogP contribution in [0.1, 0.15) is 15.2 Å². The van der Waals surface area contributed by atoms with E-state index in [1.54, 1.807) is 24.4 Å². The van der Waals surface area contributed by atoms with Crippen LogP contribution >= 0.6 is 11.3 Å². The molecule has 28 heavy (non-hydrogen) atoms. The van der Waals surface area contributed by atoms with E-state index < -0.39 is 10.8 Å². The summed E-state index contributed by atoms with van der Waals surface area (Å²) in [6.07, 6.45) is 3.60. The Bertz CT molecular complexity index is 1200. The van der Waals surface area contributed by atoms with E-state index in [2.05, 4.69) is 4.98 Å². The molecule has 0 saturated heterocycles. The van der Waals surface area contributed by atoms with E-state index in [4.69, 9.17) is 10.5 Å². The van der Waals surface area contributed by atoms with Gasteiger partial charge in [0.1, 0.15) is 22.9 Å². The smallest absolute Gasteiger partial charge is 0.269 e. The van der Waals surface area contributed by atoms with Crippen molar-refractivity contribution in [3.05, 3.63) is 81.5 Å². The van der Waals surface area contributed by atoms with Crippen LogP contribution in [0.3, 0.4) is 0 Å². The molecule has 0 bridgehead atoms. The predicted molar refractivity (Wildman–Crippen MR) is 104 cm³/mol. The topological polar surface area (TPSA) is 113 Å².